The first-order valence-electron chi connectivity index (χ1n) is 6.10. The van der Waals surface area contributed by atoms with E-state index in [0.717, 1.165) is 34.2 Å². The molecule has 2 rings (SSSR count). The third-order valence-corrected chi connectivity index (χ3v) is 4.50. The van der Waals surface area contributed by atoms with Gasteiger partial charge in [0, 0.05) is 16.7 Å². The maximum atomic E-state index is 12.1. The zero-order valence-corrected chi connectivity index (χ0v) is 13.8. The number of nitrogens with one attached hydrogen (secondary N) is 2. The molecule has 0 saturated carbocycles. The molecule has 2 N–H and O–H groups in total. The highest BCUT2D eigenvalue weighted by molar-refractivity contribution is 14.1. The molecule has 0 fully saturated rings. The van der Waals surface area contributed by atoms with Gasteiger partial charge in [-0.3, -0.25) is 4.79 Å². The molecular weight excluding hydrogens is 375 g/mol. The van der Waals surface area contributed by atoms with Crippen molar-refractivity contribution in [3.05, 3.63) is 44.5 Å². The predicted octanol–water partition coefficient (Wildman–Crippen LogP) is 2.67. The van der Waals surface area contributed by atoms with E-state index in [1.165, 1.54) is 5.57 Å². The van der Waals surface area contributed by atoms with Crippen LogP contribution in [0.3, 0.4) is 0 Å². The van der Waals surface area contributed by atoms with E-state index in [4.69, 9.17) is 0 Å². The first-order valence-corrected chi connectivity index (χ1v) is 7.18. The zero-order chi connectivity index (χ0) is 13.0. The molecule has 0 spiro atoms. The third kappa shape index (κ3) is 4.47. The number of carbonyl (C=O) groups is 1. The van der Waals surface area contributed by atoms with Crippen molar-refractivity contribution in [3.63, 3.8) is 0 Å². The molecule has 3 nitrogen and oxygen atoms in total. The molecule has 1 aliphatic heterocycles. The summed E-state index contributed by atoms with van der Waals surface area (Å²) in [5.41, 5.74) is 3.22. The second-order valence-corrected chi connectivity index (χ2v) is 5.51. The van der Waals surface area contributed by atoms with Crippen LogP contribution in [-0.4, -0.2) is 25.5 Å². The summed E-state index contributed by atoms with van der Waals surface area (Å²) in [6.07, 6.45) is 3.18. The molecule has 1 heterocycles. The Morgan fingerprint density at radius 3 is 2.95 bits per heavy atom. The molecule has 104 valence electrons. The Bertz CT molecular complexity index is 488. The van der Waals surface area contributed by atoms with Crippen LogP contribution in [0.2, 0.25) is 0 Å². The van der Waals surface area contributed by atoms with Gasteiger partial charge in [-0.1, -0.05) is 23.8 Å². The summed E-state index contributed by atoms with van der Waals surface area (Å²) in [7, 11) is 0. The second-order valence-electron chi connectivity index (χ2n) is 4.44. The van der Waals surface area contributed by atoms with Crippen LogP contribution in [-0.2, 0) is 0 Å². The topological polar surface area (TPSA) is 41.1 Å². The molecule has 0 bridgehead atoms. The van der Waals surface area contributed by atoms with E-state index in [2.05, 4.69) is 39.3 Å². The van der Waals surface area contributed by atoms with Crippen LogP contribution < -0.4 is 10.6 Å². The van der Waals surface area contributed by atoms with Gasteiger partial charge in [-0.15, -0.1) is 12.4 Å². The molecular formula is C14H18ClIN2O. The van der Waals surface area contributed by atoms with Crippen molar-refractivity contribution in [2.24, 2.45) is 0 Å². The van der Waals surface area contributed by atoms with E-state index in [0.29, 0.717) is 6.54 Å². The standard InChI is InChI=1S/C14H17IN2O.ClH/c1-10-3-2-4-12(13(10)15)14(18)17-9-11-5-7-16-8-6-11;/h2-5,16H,6-9H2,1H3,(H,17,18);1H. The Morgan fingerprint density at radius 2 is 2.26 bits per heavy atom. The van der Waals surface area contributed by atoms with Gasteiger partial charge in [-0.05, 0) is 54.1 Å². The van der Waals surface area contributed by atoms with E-state index < -0.39 is 0 Å². The molecule has 1 amide bonds. The monoisotopic (exact) mass is 392 g/mol. The molecule has 19 heavy (non-hydrogen) atoms. The largest absolute Gasteiger partial charge is 0.348 e. The molecule has 0 aromatic heterocycles. The van der Waals surface area contributed by atoms with Crippen LogP contribution in [0, 0.1) is 10.5 Å². The molecule has 0 atom stereocenters. The van der Waals surface area contributed by atoms with Gasteiger partial charge >= 0.3 is 0 Å². The Balaban J connectivity index is 0.00000180. The van der Waals surface area contributed by atoms with Gasteiger partial charge in [0.1, 0.15) is 0 Å². The Kier molecular flexibility index (Phi) is 6.82. The highest BCUT2D eigenvalue weighted by Crippen LogP contribution is 2.16. The normalized spacial score (nSPS) is 14.3. The van der Waals surface area contributed by atoms with Crippen molar-refractivity contribution in [3.8, 4) is 0 Å². The summed E-state index contributed by atoms with van der Waals surface area (Å²) in [4.78, 5) is 12.1. The average Bonchev–Trinajstić information content (AvgIpc) is 2.40. The minimum atomic E-state index is 0. The van der Waals surface area contributed by atoms with Gasteiger partial charge in [-0.2, -0.15) is 0 Å². The Labute approximate surface area is 133 Å². The van der Waals surface area contributed by atoms with Crippen molar-refractivity contribution < 1.29 is 4.79 Å². The van der Waals surface area contributed by atoms with E-state index in [1.54, 1.807) is 0 Å². The molecule has 0 saturated heterocycles. The summed E-state index contributed by atoms with van der Waals surface area (Å²) < 4.78 is 1.03. The number of hydrogen-bond donors (Lipinski definition) is 2. The van der Waals surface area contributed by atoms with Crippen LogP contribution in [0.5, 0.6) is 0 Å². The predicted molar refractivity (Wildman–Crippen MR) is 89.0 cm³/mol. The van der Waals surface area contributed by atoms with Crippen molar-refractivity contribution in [2.45, 2.75) is 13.3 Å². The first-order chi connectivity index (χ1) is 8.68. The number of rotatable bonds is 3. The number of halogens is 2. The Hall–Kier alpha value is -0.590. The van der Waals surface area contributed by atoms with Crippen LogP contribution in [0.25, 0.3) is 0 Å². The lowest BCUT2D eigenvalue weighted by Gasteiger charge is -2.15. The van der Waals surface area contributed by atoms with Crippen molar-refractivity contribution in [1.29, 1.82) is 0 Å². The van der Waals surface area contributed by atoms with Crippen molar-refractivity contribution in [2.75, 3.05) is 19.6 Å². The van der Waals surface area contributed by atoms with Crippen molar-refractivity contribution >= 4 is 40.9 Å². The summed E-state index contributed by atoms with van der Waals surface area (Å²) in [5, 5.41) is 6.26. The molecule has 1 aliphatic rings. The molecule has 0 aliphatic carbocycles. The minimum absolute atomic E-state index is 0. The molecule has 0 radical (unpaired) electrons. The van der Waals surface area contributed by atoms with Crippen LogP contribution in [0.4, 0.5) is 0 Å². The minimum Gasteiger partial charge on any atom is -0.348 e. The van der Waals surface area contributed by atoms with Gasteiger partial charge in [0.25, 0.3) is 5.91 Å². The highest BCUT2D eigenvalue weighted by Gasteiger charge is 2.11. The summed E-state index contributed by atoms with van der Waals surface area (Å²) in [6.45, 7) is 4.59. The summed E-state index contributed by atoms with van der Waals surface area (Å²) in [6, 6.07) is 5.82. The fourth-order valence-electron chi connectivity index (χ4n) is 1.94. The average molecular weight is 393 g/mol. The van der Waals surface area contributed by atoms with E-state index in [1.807, 2.05) is 25.1 Å². The van der Waals surface area contributed by atoms with E-state index in [-0.39, 0.29) is 18.3 Å². The summed E-state index contributed by atoms with van der Waals surface area (Å²) >= 11 is 2.23. The molecule has 0 unspecified atom stereocenters. The first kappa shape index (κ1) is 16.5. The number of aryl methyl sites for hydroxylation is 1. The molecule has 1 aromatic rings. The quantitative estimate of drug-likeness (QED) is 0.613. The van der Waals surface area contributed by atoms with Gasteiger partial charge in [0.2, 0.25) is 0 Å². The van der Waals surface area contributed by atoms with Gasteiger partial charge in [-0.25, -0.2) is 0 Å². The third-order valence-electron chi connectivity index (χ3n) is 3.07. The van der Waals surface area contributed by atoms with Crippen LogP contribution in [0.15, 0.2) is 29.8 Å². The fourth-order valence-corrected chi connectivity index (χ4v) is 2.55. The maximum Gasteiger partial charge on any atom is 0.252 e. The molecule has 5 heteroatoms. The summed E-state index contributed by atoms with van der Waals surface area (Å²) in [5.74, 6) is 0.0162. The second kappa shape index (κ2) is 7.87. The van der Waals surface area contributed by atoms with Gasteiger partial charge < -0.3 is 10.6 Å². The maximum absolute atomic E-state index is 12.1. The lowest BCUT2D eigenvalue weighted by molar-refractivity contribution is 0.0955. The van der Waals surface area contributed by atoms with E-state index >= 15 is 0 Å². The van der Waals surface area contributed by atoms with Gasteiger partial charge in [0.15, 0.2) is 0 Å². The van der Waals surface area contributed by atoms with Crippen LogP contribution in [0.1, 0.15) is 22.3 Å². The van der Waals surface area contributed by atoms with Gasteiger partial charge in [0.05, 0.1) is 5.56 Å². The molecule has 1 aromatic carbocycles. The smallest absolute Gasteiger partial charge is 0.252 e. The van der Waals surface area contributed by atoms with E-state index in [9.17, 15) is 4.79 Å². The lowest BCUT2D eigenvalue weighted by Crippen LogP contribution is -2.30. The number of amides is 1. The van der Waals surface area contributed by atoms with Crippen LogP contribution >= 0.6 is 35.0 Å². The lowest BCUT2D eigenvalue weighted by atomic mass is 10.1. The number of carbonyl (C=O) groups excluding carboxylic acids is 1. The number of benzene rings is 1. The fraction of sp³-hybridized carbons (Fsp3) is 0.357. The zero-order valence-electron chi connectivity index (χ0n) is 10.8. The number of hydrogen-bond acceptors (Lipinski definition) is 2. The SMILES string of the molecule is Cc1cccc(C(=O)NCC2=CCNCC2)c1I.Cl. The van der Waals surface area contributed by atoms with Crippen molar-refractivity contribution in [1.82, 2.24) is 10.6 Å². The highest BCUT2D eigenvalue weighted by atomic mass is 127. The Morgan fingerprint density at radius 1 is 1.47 bits per heavy atom.